The van der Waals surface area contributed by atoms with Crippen molar-refractivity contribution < 1.29 is 9.21 Å². The summed E-state index contributed by atoms with van der Waals surface area (Å²) in [5.74, 6) is 0.932. The molecule has 0 aliphatic rings. The van der Waals surface area contributed by atoms with Crippen LogP contribution in [0.15, 0.2) is 47.1 Å². The zero-order chi connectivity index (χ0) is 18.4. The molecule has 0 bridgehead atoms. The van der Waals surface area contributed by atoms with Crippen molar-refractivity contribution in [2.75, 3.05) is 20.6 Å². The molecule has 2 rings (SSSR count). The van der Waals surface area contributed by atoms with Crippen LogP contribution in [0.1, 0.15) is 50.1 Å². The fourth-order valence-corrected chi connectivity index (χ4v) is 2.75. The maximum Gasteiger partial charge on any atom is 0.220 e. The minimum Gasteiger partial charge on any atom is -0.468 e. The summed E-state index contributed by atoms with van der Waals surface area (Å²) in [6.45, 7) is 7.16. The number of hydrogen-bond donors (Lipinski definition) is 1. The molecule has 1 aromatic carbocycles. The van der Waals surface area contributed by atoms with E-state index >= 15 is 0 Å². The van der Waals surface area contributed by atoms with Crippen LogP contribution in [0.5, 0.6) is 0 Å². The molecule has 25 heavy (non-hydrogen) atoms. The van der Waals surface area contributed by atoms with Gasteiger partial charge in [-0.25, -0.2) is 0 Å². The zero-order valence-corrected chi connectivity index (χ0v) is 16.0. The SMILES string of the molecule is CN(C)C(CNC(=O)CCc1ccc(C(C)(C)C)cc1)c1ccco1. The number of amides is 1. The highest BCUT2D eigenvalue weighted by Crippen LogP contribution is 2.22. The molecule has 0 aliphatic carbocycles. The maximum atomic E-state index is 12.2. The van der Waals surface area contributed by atoms with E-state index in [4.69, 9.17) is 4.42 Å². The highest BCUT2D eigenvalue weighted by atomic mass is 16.3. The Kier molecular flexibility index (Phi) is 6.43. The second-order valence-electron chi connectivity index (χ2n) is 7.75. The van der Waals surface area contributed by atoms with Crippen LogP contribution in [0.3, 0.4) is 0 Å². The number of carbonyl (C=O) groups excluding carboxylic acids is 1. The molecule has 4 heteroatoms. The summed E-state index contributed by atoms with van der Waals surface area (Å²) in [6.07, 6.45) is 2.91. The van der Waals surface area contributed by atoms with Gasteiger partial charge in [-0.3, -0.25) is 9.69 Å². The van der Waals surface area contributed by atoms with Crippen molar-refractivity contribution in [1.82, 2.24) is 10.2 Å². The fourth-order valence-electron chi connectivity index (χ4n) is 2.75. The molecule has 4 nitrogen and oxygen atoms in total. The van der Waals surface area contributed by atoms with Gasteiger partial charge in [0.15, 0.2) is 0 Å². The first-order chi connectivity index (χ1) is 11.8. The van der Waals surface area contributed by atoms with Crippen LogP contribution in [0, 0.1) is 0 Å². The Morgan fingerprint density at radius 1 is 1.16 bits per heavy atom. The average Bonchev–Trinajstić information content (AvgIpc) is 3.06. The Hall–Kier alpha value is -2.07. The largest absolute Gasteiger partial charge is 0.468 e. The van der Waals surface area contributed by atoms with E-state index in [9.17, 15) is 4.79 Å². The Balaban J connectivity index is 1.82. The molecule has 1 amide bonds. The molecule has 0 radical (unpaired) electrons. The molecule has 136 valence electrons. The van der Waals surface area contributed by atoms with Gasteiger partial charge in [-0.15, -0.1) is 0 Å². The van der Waals surface area contributed by atoms with Crippen molar-refractivity contribution >= 4 is 5.91 Å². The van der Waals surface area contributed by atoms with Crippen LogP contribution in [-0.2, 0) is 16.6 Å². The van der Waals surface area contributed by atoms with Crippen molar-refractivity contribution in [3.05, 3.63) is 59.5 Å². The van der Waals surface area contributed by atoms with Crippen molar-refractivity contribution in [3.63, 3.8) is 0 Å². The van der Waals surface area contributed by atoms with E-state index in [0.717, 1.165) is 12.2 Å². The lowest BCUT2D eigenvalue weighted by atomic mass is 9.86. The van der Waals surface area contributed by atoms with Gasteiger partial charge in [0.05, 0.1) is 12.3 Å². The number of likely N-dealkylation sites (N-methyl/N-ethyl adjacent to an activating group) is 1. The third-order valence-corrected chi connectivity index (χ3v) is 4.45. The van der Waals surface area contributed by atoms with E-state index in [-0.39, 0.29) is 17.4 Å². The number of nitrogens with one attached hydrogen (secondary N) is 1. The quantitative estimate of drug-likeness (QED) is 0.829. The van der Waals surface area contributed by atoms with Gasteiger partial charge < -0.3 is 9.73 Å². The Labute approximate surface area is 151 Å². The summed E-state index contributed by atoms with van der Waals surface area (Å²) >= 11 is 0. The van der Waals surface area contributed by atoms with Gasteiger partial charge in [0.2, 0.25) is 5.91 Å². The number of carbonyl (C=O) groups is 1. The molecule has 1 N–H and O–H groups in total. The molecule has 0 saturated heterocycles. The highest BCUT2D eigenvalue weighted by Gasteiger charge is 2.18. The van der Waals surface area contributed by atoms with Crippen molar-refractivity contribution in [1.29, 1.82) is 0 Å². The average molecular weight is 342 g/mol. The number of nitrogens with zero attached hydrogens (tertiary/aromatic N) is 1. The van der Waals surface area contributed by atoms with Gasteiger partial charge in [0.1, 0.15) is 5.76 Å². The van der Waals surface area contributed by atoms with Crippen molar-refractivity contribution in [2.24, 2.45) is 0 Å². The Morgan fingerprint density at radius 2 is 1.84 bits per heavy atom. The van der Waals surface area contributed by atoms with Crippen molar-refractivity contribution in [3.8, 4) is 0 Å². The first-order valence-corrected chi connectivity index (χ1v) is 8.83. The highest BCUT2D eigenvalue weighted by molar-refractivity contribution is 5.76. The minimum absolute atomic E-state index is 0.0463. The first-order valence-electron chi connectivity index (χ1n) is 8.83. The number of rotatable bonds is 7. The van der Waals surface area contributed by atoms with Gasteiger partial charge in [0, 0.05) is 13.0 Å². The molecule has 1 atom stereocenters. The Morgan fingerprint density at radius 3 is 2.36 bits per heavy atom. The van der Waals surface area contributed by atoms with Gasteiger partial charge >= 0.3 is 0 Å². The maximum absolute atomic E-state index is 12.2. The molecular weight excluding hydrogens is 312 g/mol. The number of aryl methyl sites for hydroxylation is 1. The minimum atomic E-state index is 0.0463. The second-order valence-corrected chi connectivity index (χ2v) is 7.75. The van der Waals surface area contributed by atoms with Crippen LogP contribution in [-0.4, -0.2) is 31.4 Å². The van der Waals surface area contributed by atoms with Crippen LogP contribution in [0.2, 0.25) is 0 Å². The standard InChI is InChI=1S/C21H30N2O2/c1-21(2,3)17-11-8-16(9-12-17)10-13-20(24)22-15-18(23(4)5)19-7-6-14-25-19/h6-9,11-12,14,18H,10,13,15H2,1-5H3,(H,22,24). The van der Waals surface area contributed by atoms with E-state index in [1.54, 1.807) is 6.26 Å². The number of benzene rings is 1. The summed E-state index contributed by atoms with van der Waals surface area (Å²) in [4.78, 5) is 14.2. The molecular formula is C21H30N2O2. The predicted octanol–water partition coefficient (Wildman–Crippen LogP) is 3.93. The smallest absolute Gasteiger partial charge is 0.220 e. The fraction of sp³-hybridized carbons (Fsp3) is 0.476. The summed E-state index contributed by atoms with van der Waals surface area (Å²) < 4.78 is 5.46. The monoisotopic (exact) mass is 342 g/mol. The van der Waals surface area contributed by atoms with Crippen molar-refractivity contribution in [2.45, 2.75) is 45.1 Å². The van der Waals surface area contributed by atoms with Gasteiger partial charge in [-0.1, -0.05) is 45.0 Å². The van der Waals surface area contributed by atoms with E-state index in [1.807, 2.05) is 31.1 Å². The number of furan rings is 1. The molecule has 1 unspecified atom stereocenters. The second kappa shape index (κ2) is 8.34. The zero-order valence-electron chi connectivity index (χ0n) is 16.0. The molecule has 2 aromatic rings. The first kappa shape index (κ1) is 19.3. The third-order valence-electron chi connectivity index (χ3n) is 4.45. The molecule has 0 saturated carbocycles. The van der Waals surface area contributed by atoms with Crippen LogP contribution in [0.4, 0.5) is 0 Å². The normalized spacial score (nSPS) is 13.0. The summed E-state index contributed by atoms with van der Waals surface area (Å²) in [6, 6.07) is 12.4. The van der Waals surface area contributed by atoms with Crippen LogP contribution >= 0.6 is 0 Å². The topological polar surface area (TPSA) is 45.5 Å². The Bertz CT molecular complexity index is 652. The lowest BCUT2D eigenvalue weighted by Gasteiger charge is -2.22. The van der Waals surface area contributed by atoms with E-state index in [0.29, 0.717) is 13.0 Å². The molecule has 0 spiro atoms. The van der Waals surface area contributed by atoms with E-state index in [2.05, 4.69) is 50.4 Å². The molecule has 0 fully saturated rings. The molecule has 1 aromatic heterocycles. The van der Waals surface area contributed by atoms with Gasteiger partial charge in [-0.05, 0) is 49.2 Å². The summed E-state index contributed by atoms with van der Waals surface area (Å²) in [5.41, 5.74) is 2.66. The van der Waals surface area contributed by atoms with E-state index in [1.165, 1.54) is 11.1 Å². The lowest BCUT2D eigenvalue weighted by Crippen LogP contribution is -2.34. The van der Waals surface area contributed by atoms with E-state index < -0.39 is 0 Å². The van der Waals surface area contributed by atoms with Crippen LogP contribution < -0.4 is 5.32 Å². The van der Waals surface area contributed by atoms with Gasteiger partial charge in [-0.2, -0.15) is 0 Å². The molecule has 0 aliphatic heterocycles. The predicted molar refractivity (Wildman–Crippen MR) is 102 cm³/mol. The third kappa shape index (κ3) is 5.75. The number of hydrogen-bond acceptors (Lipinski definition) is 3. The lowest BCUT2D eigenvalue weighted by molar-refractivity contribution is -0.121. The summed E-state index contributed by atoms with van der Waals surface area (Å²) in [5, 5.41) is 3.02. The van der Waals surface area contributed by atoms with Gasteiger partial charge in [0.25, 0.3) is 0 Å². The van der Waals surface area contributed by atoms with Crippen LogP contribution in [0.25, 0.3) is 0 Å². The molecule has 1 heterocycles. The summed E-state index contributed by atoms with van der Waals surface area (Å²) in [7, 11) is 3.96.